The zero-order chi connectivity index (χ0) is 12.3. The highest BCUT2D eigenvalue weighted by molar-refractivity contribution is 5.06. The number of hydrogen-bond acceptors (Lipinski definition) is 3. The molecule has 0 spiro atoms. The number of rotatable bonds is 6. The second kappa shape index (κ2) is 5.65. The molecule has 1 atom stereocenters. The van der Waals surface area contributed by atoms with Crippen LogP contribution in [0.15, 0.2) is 12.3 Å². The van der Waals surface area contributed by atoms with E-state index in [1.54, 1.807) is 0 Å². The smallest absolute Gasteiger partial charge is 0.0793 e. The minimum Gasteiger partial charge on any atom is -0.378 e. The van der Waals surface area contributed by atoms with Crippen LogP contribution >= 0.6 is 0 Å². The zero-order valence-electron chi connectivity index (χ0n) is 11.0. The van der Waals surface area contributed by atoms with Crippen molar-refractivity contribution in [2.75, 3.05) is 13.7 Å². The third kappa shape index (κ3) is 3.07. The van der Waals surface area contributed by atoms with Gasteiger partial charge in [-0.3, -0.25) is 4.68 Å². The second-order valence-corrected chi connectivity index (χ2v) is 4.91. The second-order valence-electron chi connectivity index (χ2n) is 4.91. The maximum absolute atomic E-state index is 5.59. The summed E-state index contributed by atoms with van der Waals surface area (Å²) in [5.41, 5.74) is 1.15. The molecule has 1 heterocycles. The fourth-order valence-corrected chi connectivity index (χ4v) is 2.58. The molecule has 0 saturated heterocycles. The van der Waals surface area contributed by atoms with Crippen molar-refractivity contribution in [3.63, 3.8) is 0 Å². The Morgan fingerprint density at radius 2 is 2.35 bits per heavy atom. The van der Waals surface area contributed by atoms with E-state index in [2.05, 4.69) is 23.4 Å². The summed E-state index contributed by atoms with van der Waals surface area (Å²) in [7, 11) is 3.97. The quantitative estimate of drug-likeness (QED) is 0.821. The molecule has 96 valence electrons. The Labute approximate surface area is 103 Å². The zero-order valence-corrected chi connectivity index (χ0v) is 11.0. The predicted octanol–water partition coefficient (Wildman–Crippen LogP) is 1.89. The van der Waals surface area contributed by atoms with Crippen molar-refractivity contribution in [2.45, 2.75) is 38.3 Å². The van der Waals surface area contributed by atoms with Crippen LogP contribution in [0.3, 0.4) is 0 Å². The molecule has 4 heteroatoms. The summed E-state index contributed by atoms with van der Waals surface area (Å²) in [5.74, 6) is 0.783. The van der Waals surface area contributed by atoms with Crippen molar-refractivity contribution in [3.05, 3.63) is 18.0 Å². The van der Waals surface area contributed by atoms with Gasteiger partial charge in [0.05, 0.1) is 17.8 Å². The minimum absolute atomic E-state index is 0.378. The summed E-state index contributed by atoms with van der Waals surface area (Å²) in [6.07, 6.45) is 6.09. The highest BCUT2D eigenvalue weighted by atomic mass is 16.5. The van der Waals surface area contributed by atoms with Crippen molar-refractivity contribution in [1.82, 2.24) is 15.1 Å². The fourth-order valence-electron chi connectivity index (χ4n) is 2.58. The standard InChI is InChI=1S/C13H23N3O/c1-4-17-11-7-10(8-11)9-13(14-2)12-5-6-16(3)15-12/h5-6,10-11,13-14H,4,7-9H2,1-3H3. The van der Waals surface area contributed by atoms with Gasteiger partial charge in [0, 0.05) is 19.9 Å². The Hall–Kier alpha value is -0.870. The molecule has 1 N–H and O–H groups in total. The van der Waals surface area contributed by atoms with Crippen molar-refractivity contribution in [1.29, 1.82) is 0 Å². The molecule has 1 saturated carbocycles. The van der Waals surface area contributed by atoms with Gasteiger partial charge >= 0.3 is 0 Å². The highest BCUT2D eigenvalue weighted by Crippen LogP contribution is 2.36. The van der Waals surface area contributed by atoms with Gasteiger partial charge in [0.2, 0.25) is 0 Å². The minimum atomic E-state index is 0.378. The first-order valence-corrected chi connectivity index (χ1v) is 6.51. The molecule has 0 bridgehead atoms. The first-order valence-electron chi connectivity index (χ1n) is 6.51. The van der Waals surface area contributed by atoms with E-state index in [1.807, 2.05) is 25.0 Å². The van der Waals surface area contributed by atoms with Crippen molar-refractivity contribution >= 4 is 0 Å². The molecule has 17 heavy (non-hydrogen) atoms. The van der Waals surface area contributed by atoms with E-state index >= 15 is 0 Å². The van der Waals surface area contributed by atoms with Crippen LogP contribution in [0.25, 0.3) is 0 Å². The van der Waals surface area contributed by atoms with E-state index in [-0.39, 0.29) is 0 Å². The molecular formula is C13H23N3O. The molecule has 1 unspecified atom stereocenters. The Morgan fingerprint density at radius 1 is 1.59 bits per heavy atom. The van der Waals surface area contributed by atoms with Crippen LogP contribution in [0.1, 0.15) is 37.9 Å². The summed E-state index contributed by atoms with van der Waals surface area (Å²) < 4.78 is 7.46. The van der Waals surface area contributed by atoms with Crippen molar-refractivity contribution in [2.24, 2.45) is 13.0 Å². The Balaban J connectivity index is 1.81. The normalized spacial score (nSPS) is 25.6. The highest BCUT2D eigenvalue weighted by Gasteiger charge is 2.31. The van der Waals surface area contributed by atoms with E-state index in [4.69, 9.17) is 4.74 Å². The van der Waals surface area contributed by atoms with Crippen LogP contribution in [0.5, 0.6) is 0 Å². The summed E-state index contributed by atoms with van der Waals surface area (Å²) in [4.78, 5) is 0. The number of hydrogen-bond donors (Lipinski definition) is 1. The molecule has 1 fully saturated rings. The summed E-state index contributed by atoms with van der Waals surface area (Å²) in [5, 5.41) is 7.83. The molecule has 0 amide bonds. The molecule has 1 aliphatic carbocycles. The third-order valence-electron chi connectivity index (χ3n) is 3.60. The van der Waals surface area contributed by atoms with Crippen LogP contribution in [-0.4, -0.2) is 29.5 Å². The number of aromatic nitrogens is 2. The van der Waals surface area contributed by atoms with Crippen LogP contribution in [0, 0.1) is 5.92 Å². The van der Waals surface area contributed by atoms with E-state index < -0.39 is 0 Å². The van der Waals surface area contributed by atoms with E-state index in [1.165, 1.54) is 12.8 Å². The molecule has 0 radical (unpaired) electrons. The van der Waals surface area contributed by atoms with E-state index in [0.29, 0.717) is 12.1 Å². The summed E-state index contributed by atoms with van der Waals surface area (Å²) >= 11 is 0. The maximum Gasteiger partial charge on any atom is 0.0793 e. The van der Waals surface area contributed by atoms with Crippen LogP contribution in [-0.2, 0) is 11.8 Å². The summed E-state index contributed by atoms with van der Waals surface area (Å²) in [6, 6.07) is 2.48. The Morgan fingerprint density at radius 3 is 2.88 bits per heavy atom. The van der Waals surface area contributed by atoms with Gasteiger partial charge < -0.3 is 10.1 Å². The van der Waals surface area contributed by atoms with Gasteiger partial charge in [0.15, 0.2) is 0 Å². The molecule has 1 aliphatic rings. The summed E-state index contributed by atoms with van der Waals surface area (Å²) in [6.45, 7) is 2.91. The topological polar surface area (TPSA) is 39.1 Å². The van der Waals surface area contributed by atoms with Crippen LogP contribution in [0.2, 0.25) is 0 Å². The van der Waals surface area contributed by atoms with E-state index in [0.717, 1.165) is 24.6 Å². The number of aryl methyl sites for hydroxylation is 1. The number of nitrogens with zero attached hydrogens (tertiary/aromatic N) is 2. The van der Waals surface area contributed by atoms with Gasteiger partial charge in [0.1, 0.15) is 0 Å². The van der Waals surface area contributed by atoms with Gasteiger partial charge in [0.25, 0.3) is 0 Å². The van der Waals surface area contributed by atoms with Crippen LogP contribution < -0.4 is 5.32 Å². The van der Waals surface area contributed by atoms with Gasteiger partial charge in [-0.2, -0.15) is 5.10 Å². The lowest BCUT2D eigenvalue weighted by Gasteiger charge is -2.36. The lowest BCUT2D eigenvalue weighted by atomic mass is 9.78. The van der Waals surface area contributed by atoms with Gasteiger partial charge in [-0.25, -0.2) is 0 Å². The fraction of sp³-hybridized carbons (Fsp3) is 0.769. The van der Waals surface area contributed by atoms with Crippen molar-refractivity contribution < 1.29 is 4.74 Å². The molecule has 0 aromatic carbocycles. The maximum atomic E-state index is 5.59. The lowest BCUT2D eigenvalue weighted by Crippen LogP contribution is -2.34. The molecule has 0 aliphatic heterocycles. The first kappa shape index (κ1) is 12.6. The first-order chi connectivity index (χ1) is 8.22. The third-order valence-corrected chi connectivity index (χ3v) is 3.60. The number of nitrogens with one attached hydrogen (secondary N) is 1. The monoisotopic (exact) mass is 237 g/mol. The van der Waals surface area contributed by atoms with Gasteiger partial charge in [-0.05, 0) is 45.2 Å². The SMILES string of the molecule is CCOC1CC(CC(NC)c2ccn(C)n2)C1. The lowest BCUT2D eigenvalue weighted by molar-refractivity contribution is -0.0290. The Kier molecular flexibility index (Phi) is 4.18. The predicted molar refractivity (Wildman–Crippen MR) is 67.8 cm³/mol. The van der Waals surface area contributed by atoms with Gasteiger partial charge in [-0.15, -0.1) is 0 Å². The molecular weight excluding hydrogens is 214 g/mol. The average molecular weight is 237 g/mol. The van der Waals surface area contributed by atoms with Gasteiger partial charge in [-0.1, -0.05) is 0 Å². The van der Waals surface area contributed by atoms with E-state index in [9.17, 15) is 0 Å². The molecule has 1 aromatic rings. The van der Waals surface area contributed by atoms with Crippen LogP contribution in [0.4, 0.5) is 0 Å². The molecule has 1 aromatic heterocycles. The Bertz CT molecular complexity index is 344. The molecule has 4 nitrogen and oxygen atoms in total. The largest absolute Gasteiger partial charge is 0.378 e. The average Bonchev–Trinajstić information content (AvgIpc) is 2.68. The molecule has 2 rings (SSSR count). The van der Waals surface area contributed by atoms with Crippen molar-refractivity contribution in [3.8, 4) is 0 Å². The number of ether oxygens (including phenoxy) is 1.